The highest BCUT2D eigenvalue weighted by Gasteiger charge is 2.27. The summed E-state index contributed by atoms with van der Waals surface area (Å²) in [6.45, 7) is 7.03. The minimum Gasteiger partial charge on any atom is -0.339 e. The maximum atomic E-state index is 12.1. The topological polar surface area (TPSA) is 46.3 Å². The van der Waals surface area contributed by atoms with Crippen LogP contribution in [0.15, 0.2) is 0 Å². The molecule has 0 aliphatic carbocycles. The Balaban J connectivity index is 2.63. The molecule has 0 aromatic carbocycles. The lowest BCUT2D eigenvalue weighted by molar-refractivity contribution is -0.135. The maximum absolute atomic E-state index is 12.1. The van der Waals surface area contributed by atoms with E-state index in [1.807, 2.05) is 18.7 Å². The Morgan fingerprint density at radius 1 is 1.33 bits per heavy atom. The second-order valence-electron chi connectivity index (χ2n) is 5.00. The first-order chi connectivity index (χ1) is 7.04. The number of likely N-dealkylation sites (tertiary alicyclic amines) is 1. The van der Waals surface area contributed by atoms with Gasteiger partial charge in [-0.05, 0) is 25.7 Å². The summed E-state index contributed by atoms with van der Waals surface area (Å²) >= 11 is 0. The molecular weight excluding hydrogens is 188 g/mol. The molecule has 0 bridgehead atoms. The van der Waals surface area contributed by atoms with E-state index < -0.39 is 0 Å². The van der Waals surface area contributed by atoms with Gasteiger partial charge in [-0.15, -0.1) is 0 Å². The number of amides is 1. The Morgan fingerprint density at radius 2 is 2.00 bits per heavy atom. The van der Waals surface area contributed by atoms with Crippen molar-refractivity contribution in [1.29, 1.82) is 0 Å². The van der Waals surface area contributed by atoms with E-state index in [1.54, 1.807) is 0 Å². The summed E-state index contributed by atoms with van der Waals surface area (Å²) in [5.41, 5.74) is 5.91. The molecule has 0 saturated carbocycles. The van der Waals surface area contributed by atoms with Gasteiger partial charge in [0.15, 0.2) is 0 Å². The number of carbonyl (C=O) groups is 1. The van der Waals surface area contributed by atoms with Gasteiger partial charge in [-0.25, -0.2) is 0 Å². The Morgan fingerprint density at radius 3 is 2.60 bits per heavy atom. The number of nitrogens with two attached hydrogens (primary N) is 1. The molecule has 1 unspecified atom stereocenters. The minimum absolute atomic E-state index is 0.138. The fourth-order valence-electron chi connectivity index (χ4n) is 2.08. The van der Waals surface area contributed by atoms with E-state index in [0.717, 1.165) is 19.4 Å². The molecule has 1 saturated heterocycles. The van der Waals surface area contributed by atoms with Crippen LogP contribution in [0.2, 0.25) is 0 Å². The third-order valence-electron chi connectivity index (χ3n) is 3.34. The Bertz CT molecular complexity index is 216. The maximum Gasteiger partial charge on any atom is 0.239 e. The lowest BCUT2D eigenvalue weighted by Crippen LogP contribution is -2.49. The molecule has 0 radical (unpaired) electrons. The van der Waals surface area contributed by atoms with Gasteiger partial charge in [0.25, 0.3) is 0 Å². The molecular formula is C12H24N2O. The van der Waals surface area contributed by atoms with Crippen molar-refractivity contribution < 1.29 is 4.79 Å². The zero-order valence-corrected chi connectivity index (χ0v) is 10.2. The van der Waals surface area contributed by atoms with E-state index in [1.165, 1.54) is 12.8 Å². The van der Waals surface area contributed by atoms with Crippen LogP contribution >= 0.6 is 0 Å². The lowest BCUT2D eigenvalue weighted by atomic mass is 10.0. The molecule has 1 fully saturated rings. The minimum atomic E-state index is -0.328. The average Bonchev–Trinajstić information content (AvgIpc) is 2.40. The van der Waals surface area contributed by atoms with Gasteiger partial charge in [-0.1, -0.05) is 26.7 Å². The number of hydrogen-bond donors (Lipinski definition) is 1. The molecule has 0 aromatic heterocycles. The van der Waals surface area contributed by atoms with E-state index >= 15 is 0 Å². The summed E-state index contributed by atoms with van der Waals surface area (Å²) in [7, 11) is 0. The summed E-state index contributed by atoms with van der Waals surface area (Å²) in [6.07, 6.45) is 4.73. The summed E-state index contributed by atoms with van der Waals surface area (Å²) in [5, 5.41) is 0. The van der Waals surface area contributed by atoms with Crippen LogP contribution in [0.4, 0.5) is 0 Å². The molecule has 3 nitrogen and oxygen atoms in total. The average molecular weight is 212 g/mol. The van der Waals surface area contributed by atoms with E-state index in [4.69, 9.17) is 5.73 Å². The predicted octanol–water partition coefficient (Wildman–Crippen LogP) is 1.76. The molecule has 15 heavy (non-hydrogen) atoms. The van der Waals surface area contributed by atoms with Crippen molar-refractivity contribution in [3.8, 4) is 0 Å². The number of nitrogens with zero attached hydrogens (tertiary/aromatic N) is 1. The summed E-state index contributed by atoms with van der Waals surface area (Å²) < 4.78 is 0. The van der Waals surface area contributed by atoms with Crippen molar-refractivity contribution in [2.24, 2.45) is 11.7 Å². The number of hydrogen-bond acceptors (Lipinski definition) is 2. The molecule has 0 spiro atoms. The van der Waals surface area contributed by atoms with Crippen LogP contribution in [0.1, 0.15) is 46.5 Å². The molecule has 1 heterocycles. The van der Waals surface area contributed by atoms with Crippen LogP contribution in [0.3, 0.4) is 0 Å². The molecule has 1 aliphatic heterocycles. The largest absolute Gasteiger partial charge is 0.339 e. The van der Waals surface area contributed by atoms with Gasteiger partial charge in [0.05, 0.1) is 6.04 Å². The first-order valence-electron chi connectivity index (χ1n) is 6.10. The van der Waals surface area contributed by atoms with Gasteiger partial charge in [-0.2, -0.15) is 0 Å². The lowest BCUT2D eigenvalue weighted by Gasteiger charge is -2.30. The van der Waals surface area contributed by atoms with Gasteiger partial charge in [-0.3, -0.25) is 4.79 Å². The van der Waals surface area contributed by atoms with E-state index in [0.29, 0.717) is 6.04 Å². The zero-order valence-electron chi connectivity index (χ0n) is 10.2. The molecule has 1 aliphatic rings. The first-order valence-corrected chi connectivity index (χ1v) is 6.10. The third kappa shape index (κ3) is 3.20. The predicted molar refractivity (Wildman–Crippen MR) is 62.5 cm³/mol. The Hall–Kier alpha value is -0.570. The highest BCUT2D eigenvalue weighted by molar-refractivity contribution is 5.82. The first kappa shape index (κ1) is 12.5. The SMILES string of the molecule is CC(C)[C@H](N)C(=O)N1CCCCCC1C. The van der Waals surface area contributed by atoms with Crippen LogP contribution in [-0.4, -0.2) is 29.4 Å². The number of carbonyl (C=O) groups excluding carboxylic acids is 1. The Labute approximate surface area is 93.0 Å². The Kier molecular flexibility index (Phi) is 4.58. The quantitative estimate of drug-likeness (QED) is 0.758. The fraction of sp³-hybridized carbons (Fsp3) is 0.917. The molecule has 0 aromatic rings. The summed E-state index contributed by atoms with van der Waals surface area (Å²) in [5.74, 6) is 0.368. The third-order valence-corrected chi connectivity index (χ3v) is 3.34. The van der Waals surface area contributed by atoms with Crippen molar-refractivity contribution in [3.05, 3.63) is 0 Å². The summed E-state index contributed by atoms with van der Waals surface area (Å²) in [6, 6.07) is 0.0374. The monoisotopic (exact) mass is 212 g/mol. The molecule has 2 atom stereocenters. The normalized spacial score (nSPS) is 25.1. The molecule has 1 rings (SSSR count). The van der Waals surface area contributed by atoms with Crippen LogP contribution in [0, 0.1) is 5.92 Å². The van der Waals surface area contributed by atoms with Gasteiger partial charge in [0.1, 0.15) is 0 Å². The van der Waals surface area contributed by atoms with Crippen molar-refractivity contribution in [3.63, 3.8) is 0 Å². The van der Waals surface area contributed by atoms with Crippen molar-refractivity contribution in [2.45, 2.75) is 58.5 Å². The van der Waals surface area contributed by atoms with Gasteiger partial charge < -0.3 is 10.6 Å². The summed E-state index contributed by atoms with van der Waals surface area (Å²) in [4.78, 5) is 14.1. The molecule has 3 heteroatoms. The number of rotatable bonds is 2. The highest BCUT2D eigenvalue weighted by atomic mass is 16.2. The second-order valence-corrected chi connectivity index (χ2v) is 5.00. The van der Waals surface area contributed by atoms with Crippen LogP contribution in [0.5, 0.6) is 0 Å². The van der Waals surface area contributed by atoms with Crippen LogP contribution in [-0.2, 0) is 4.79 Å². The zero-order chi connectivity index (χ0) is 11.4. The van der Waals surface area contributed by atoms with E-state index in [2.05, 4.69) is 6.92 Å². The van der Waals surface area contributed by atoms with Crippen molar-refractivity contribution in [1.82, 2.24) is 4.90 Å². The second kappa shape index (κ2) is 5.50. The van der Waals surface area contributed by atoms with Gasteiger partial charge >= 0.3 is 0 Å². The van der Waals surface area contributed by atoms with Crippen molar-refractivity contribution >= 4 is 5.91 Å². The standard InChI is InChI=1S/C12H24N2O/c1-9(2)11(13)12(15)14-8-6-4-5-7-10(14)3/h9-11H,4-8,13H2,1-3H3/t10?,11-/m0/s1. The highest BCUT2D eigenvalue weighted by Crippen LogP contribution is 2.18. The van der Waals surface area contributed by atoms with Gasteiger partial charge in [0, 0.05) is 12.6 Å². The smallest absolute Gasteiger partial charge is 0.239 e. The fourth-order valence-corrected chi connectivity index (χ4v) is 2.08. The van der Waals surface area contributed by atoms with E-state index in [-0.39, 0.29) is 17.9 Å². The van der Waals surface area contributed by atoms with Crippen LogP contribution < -0.4 is 5.73 Å². The van der Waals surface area contributed by atoms with Gasteiger partial charge in [0.2, 0.25) is 5.91 Å². The van der Waals surface area contributed by atoms with Crippen LogP contribution in [0.25, 0.3) is 0 Å². The molecule has 88 valence electrons. The molecule has 1 amide bonds. The van der Waals surface area contributed by atoms with E-state index in [9.17, 15) is 4.79 Å². The van der Waals surface area contributed by atoms with Crippen molar-refractivity contribution in [2.75, 3.05) is 6.54 Å². The molecule has 2 N–H and O–H groups in total.